The van der Waals surface area contributed by atoms with Gasteiger partial charge >= 0.3 is 0 Å². The Balaban J connectivity index is 2.23. The van der Waals surface area contributed by atoms with E-state index in [2.05, 4.69) is 15.5 Å². The van der Waals surface area contributed by atoms with Crippen molar-refractivity contribution in [3.05, 3.63) is 33.9 Å². The number of tetrazole rings is 1. The van der Waals surface area contributed by atoms with Crippen molar-refractivity contribution in [3.8, 4) is 5.75 Å². The minimum atomic E-state index is -0.419. The summed E-state index contributed by atoms with van der Waals surface area (Å²) in [4.78, 5) is 10.5. The maximum absolute atomic E-state index is 10.9. The topological polar surface area (TPSA) is 96.0 Å². The second kappa shape index (κ2) is 6.53. The van der Waals surface area contributed by atoms with Gasteiger partial charge in [0, 0.05) is 30.5 Å². The van der Waals surface area contributed by atoms with Gasteiger partial charge in [0.05, 0.1) is 11.0 Å². The van der Waals surface area contributed by atoms with Gasteiger partial charge in [0.2, 0.25) is 5.16 Å². The molecule has 0 radical (unpaired) electrons. The molecule has 0 aliphatic rings. The molecule has 1 heterocycles. The van der Waals surface area contributed by atoms with Crippen LogP contribution in [0.15, 0.2) is 23.4 Å². The highest BCUT2D eigenvalue weighted by atomic mass is 32.2. The second-order valence-electron chi connectivity index (χ2n) is 4.59. The van der Waals surface area contributed by atoms with Crippen molar-refractivity contribution in [1.29, 1.82) is 0 Å². The molecule has 112 valence electrons. The number of nitro groups is 1. The van der Waals surface area contributed by atoms with E-state index >= 15 is 0 Å². The lowest BCUT2D eigenvalue weighted by Gasteiger charge is -2.13. The van der Waals surface area contributed by atoms with Gasteiger partial charge in [-0.1, -0.05) is 11.8 Å². The van der Waals surface area contributed by atoms with Crippen molar-refractivity contribution < 1.29 is 9.66 Å². The molecule has 0 N–H and O–H groups in total. The Bertz CT molecular complexity index is 644. The number of nitrogens with zero attached hydrogens (tertiary/aromatic N) is 5. The molecule has 0 unspecified atom stereocenters. The van der Waals surface area contributed by atoms with Gasteiger partial charge < -0.3 is 4.74 Å². The number of benzene rings is 1. The van der Waals surface area contributed by atoms with E-state index in [0.717, 1.165) is 5.56 Å². The number of ether oxygens (including phenoxy) is 1. The predicted molar refractivity (Wildman–Crippen MR) is 77.2 cm³/mol. The van der Waals surface area contributed by atoms with Crippen LogP contribution in [0.5, 0.6) is 5.75 Å². The predicted octanol–water partition coefficient (Wildman–Crippen LogP) is 2.20. The smallest absolute Gasteiger partial charge is 0.270 e. The zero-order chi connectivity index (χ0) is 15.4. The molecule has 0 atom stereocenters. The number of rotatable bonds is 6. The van der Waals surface area contributed by atoms with Crippen LogP contribution in [0.3, 0.4) is 0 Å². The lowest BCUT2D eigenvalue weighted by molar-refractivity contribution is -0.384. The van der Waals surface area contributed by atoms with Crippen molar-refractivity contribution in [2.24, 2.45) is 7.05 Å². The monoisotopic (exact) mass is 309 g/mol. The molecular formula is C12H15N5O3S. The SMILES string of the molecule is CC(C)Oc1ccc([N+](=O)[O-])cc1CSc1nnnn1C. The third-order valence-electron chi connectivity index (χ3n) is 2.56. The summed E-state index contributed by atoms with van der Waals surface area (Å²) in [5.41, 5.74) is 0.781. The maximum atomic E-state index is 10.9. The summed E-state index contributed by atoms with van der Waals surface area (Å²) >= 11 is 1.39. The Morgan fingerprint density at radius 2 is 2.24 bits per heavy atom. The first-order valence-corrected chi connectivity index (χ1v) is 7.25. The molecule has 0 saturated carbocycles. The molecule has 1 aromatic heterocycles. The van der Waals surface area contributed by atoms with Gasteiger partial charge in [0.25, 0.3) is 5.69 Å². The van der Waals surface area contributed by atoms with Crippen molar-refractivity contribution in [2.45, 2.75) is 30.9 Å². The molecule has 0 bridgehead atoms. The third-order valence-corrected chi connectivity index (χ3v) is 3.62. The Morgan fingerprint density at radius 1 is 1.48 bits per heavy atom. The van der Waals surface area contributed by atoms with E-state index in [-0.39, 0.29) is 11.8 Å². The van der Waals surface area contributed by atoms with Crippen LogP contribution in [0.2, 0.25) is 0 Å². The van der Waals surface area contributed by atoms with Gasteiger partial charge in [-0.05, 0) is 30.3 Å². The van der Waals surface area contributed by atoms with E-state index in [1.807, 2.05) is 13.8 Å². The summed E-state index contributed by atoms with van der Waals surface area (Å²) in [5.74, 6) is 1.12. The molecular weight excluding hydrogens is 294 g/mol. The Hall–Kier alpha value is -2.16. The van der Waals surface area contributed by atoms with Gasteiger partial charge in [0.1, 0.15) is 5.75 Å². The first-order valence-electron chi connectivity index (χ1n) is 6.26. The lowest BCUT2D eigenvalue weighted by Crippen LogP contribution is -2.07. The van der Waals surface area contributed by atoms with Crippen LogP contribution in [-0.4, -0.2) is 31.2 Å². The molecule has 9 heteroatoms. The van der Waals surface area contributed by atoms with Crippen molar-refractivity contribution in [3.63, 3.8) is 0 Å². The average Bonchev–Trinajstić information content (AvgIpc) is 2.82. The number of nitro benzene ring substituents is 1. The molecule has 1 aromatic carbocycles. The third kappa shape index (κ3) is 3.91. The molecule has 2 aromatic rings. The fourth-order valence-corrected chi connectivity index (χ4v) is 2.47. The quantitative estimate of drug-likeness (QED) is 0.458. The van der Waals surface area contributed by atoms with Crippen LogP contribution in [0.1, 0.15) is 19.4 Å². The van der Waals surface area contributed by atoms with Crippen LogP contribution < -0.4 is 4.74 Å². The zero-order valence-electron chi connectivity index (χ0n) is 11.9. The van der Waals surface area contributed by atoms with Crippen LogP contribution in [0, 0.1) is 10.1 Å². The van der Waals surface area contributed by atoms with Gasteiger partial charge in [-0.15, -0.1) is 5.10 Å². The lowest BCUT2D eigenvalue weighted by atomic mass is 10.2. The molecule has 21 heavy (non-hydrogen) atoms. The fourth-order valence-electron chi connectivity index (χ4n) is 1.65. The van der Waals surface area contributed by atoms with Crippen molar-refractivity contribution in [1.82, 2.24) is 20.2 Å². The first kappa shape index (κ1) is 15.2. The highest BCUT2D eigenvalue weighted by molar-refractivity contribution is 7.98. The normalized spacial score (nSPS) is 10.9. The van der Waals surface area contributed by atoms with Crippen LogP contribution in [0.4, 0.5) is 5.69 Å². The highest BCUT2D eigenvalue weighted by Crippen LogP contribution is 2.30. The van der Waals surface area contributed by atoms with E-state index in [4.69, 9.17) is 4.74 Å². The minimum absolute atomic E-state index is 0.00768. The van der Waals surface area contributed by atoms with Crippen LogP contribution in [0.25, 0.3) is 0 Å². The number of thioether (sulfide) groups is 1. The fraction of sp³-hybridized carbons (Fsp3) is 0.417. The largest absolute Gasteiger partial charge is 0.491 e. The second-order valence-corrected chi connectivity index (χ2v) is 5.53. The molecule has 0 amide bonds. The van der Waals surface area contributed by atoms with Gasteiger partial charge in [0.15, 0.2) is 0 Å². The van der Waals surface area contributed by atoms with E-state index in [9.17, 15) is 10.1 Å². The van der Waals surface area contributed by atoms with Gasteiger partial charge in [-0.25, -0.2) is 4.68 Å². The molecule has 0 aliphatic carbocycles. The Labute approximate surface area is 125 Å². The molecule has 0 saturated heterocycles. The summed E-state index contributed by atoms with van der Waals surface area (Å²) in [7, 11) is 1.74. The summed E-state index contributed by atoms with van der Waals surface area (Å²) < 4.78 is 7.23. The van der Waals surface area contributed by atoms with E-state index < -0.39 is 4.92 Å². The summed E-state index contributed by atoms with van der Waals surface area (Å²) in [6.45, 7) is 3.82. The van der Waals surface area contributed by atoms with Gasteiger partial charge in [-0.2, -0.15) is 0 Å². The standard InChI is InChI=1S/C12H15N5O3S/c1-8(2)20-11-5-4-10(17(18)19)6-9(11)7-21-12-13-14-15-16(12)3/h4-6,8H,7H2,1-3H3. The molecule has 0 fully saturated rings. The molecule has 8 nitrogen and oxygen atoms in total. The first-order chi connectivity index (χ1) is 9.97. The van der Waals surface area contributed by atoms with Gasteiger partial charge in [-0.3, -0.25) is 10.1 Å². The summed E-state index contributed by atoms with van der Waals surface area (Å²) in [5, 5.41) is 22.7. The molecule has 0 spiro atoms. The van der Waals surface area contributed by atoms with Crippen LogP contribution in [-0.2, 0) is 12.8 Å². The number of aromatic nitrogens is 4. The van der Waals surface area contributed by atoms with Crippen molar-refractivity contribution in [2.75, 3.05) is 0 Å². The highest BCUT2D eigenvalue weighted by Gasteiger charge is 2.14. The van der Waals surface area contributed by atoms with Crippen molar-refractivity contribution >= 4 is 17.4 Å². The number of hydrogen-bond acceptors (Lipinski definition) is 7. The van der Waals surface area contributed by atoms with Crippen LogP contribution >= 0.6 is 11.8 Å². The number of non-ortho nitro benzene ring substituents is 1. The maximum Gasteiger partial charge on any atom is 0.270 e. The summed E-state index contributed by atoms with van der Waals surface area (Å²) in [6.07, 6.45) is -0.00768. The molecule has 0 aliphatic heterocycles. The average molecular weight is 309 g/mol. The van der Waals surface area contributed by atoms with E-state index in [0.29, 0.717) is 16.7 Å². The molecule has 2 rings (SSSR count). The zero-order valence-corrected chi connectivity index (χ0v) is 12.7. The summed E-state index contributed by atoms with van der Waals surface area (Å²) in [6, 6.07) is 4.59. The number of hydrogen-bond donors (Lipinski definition) is 0. The Morgan fingerprint density at radius 3 is 2.81 bits per heavy atom. The van der Waals surface area contributed by atoms with E-state index in [1.165, 1.54) is 23.9 Å². The Kier molecular flexibility index (Phi) is 4.73. The number of aryl methyl sites for hydroxylation is 1. The minimum Gasteiger partial charge on any atom is -0.491 e. The van der Waals surface area contributed by atoms with E-state index in [1.54, 1.807) is 17.8 Å².